The van der Waals surface area contributed by atoms with Gasteiger partial charge in [0.05, 0.1) is 18.4 Å². The molecule has 0 atom stereocenters. The van der Waals surface area contributed by atoms with E-state index < -0.39 is 0 Å². The molecule has 0 aliphatic heterocycles. The Morgan fingerprint density at radius 1 is 1.12 bits per heavy atom. The van der Waals surface area contributed by atoms with Crippen molar-refractivity contribution in [1.29, 1.82) is 0 Å². The lowest BCUT2D eigenvalue weighted by atomic mass is 10.1. The second kappa shape index (κ2) is 6.20. The first kappa shape index (κ1) is 15.1. The molecule has 7 nitrogen and oxygen atoms in total. The molecular formula is C18H16N6O. The topological polar surface area (TPSA) is 77.1 Å². The fourth-order valence-electron chi connectivity index (χ4n) is 2.65. The average molecular weight is 332 g/mol. The molecule has 4 aromatic rings. The molecule has 1 N–H and O–H groups in total. The maximum atomic E-state index is 12.1. The first-order valence-corrected chi connectivity index (χ1v) is 7.87. The summed E-state index contributed by atoms with van der Waals surface area (Å²) in [6.07, 6.45) is 3.58. The van der Waals surface area contributed by atoms with Crippen molar-refractivity contribution in [2.75, 3.05) is 5.32 Å². The van der Waals surface area contributed by atoms with E-state index in [9.17, 15) is 4.79 Å². The van der Waals surface area contributed by atoms with Crippen molar-refractivity contribution in [1.82, 2.24) is 24.4 Å². The zero-order valence-corrected chi connectivity index (χ0v) is 13.6. The van der Waals surface area contributed by atoms with Gasteiger partial charge in [0.25, 0.3) is 5.56 Å². The number of fused-ring (bicyclic) bond motifs is 1. The van der Waals surface area contributed by atoms with Crippen molar-refractivity contribution in [2.24, 2.45) is 7.05 Å². The summed E-state index contributed by atoms with van der Waals surface area (Å²) in [5, 5.41) is 11.4. The predicted molar refractivity (Wildman–Crippen MR) is 95.2 cm³/mol. The molecule has 25 heavy (non-hydrogen) atoms. The van der Waals surface area contributed by atoms with Crippen molar-refractivity contribution in [2.45, 2.75) is 6.54 Å². The molecule has 0 saturated heterocycles. The van der Waals surface area contributed by atoms with Crippen molar-refractivity contribution < 1.29 is 0 Å². The maximum absolute atomic E-state index is 12.1. The Morgan fingerprint density at radius 3 is 2.88 bits per heavy atom. The maximum Gasteiger partial charge on any atom is 0.258 e. The van der Waals surface area contributed by atoms with E-state index in [0.717, 1.165) is 16.9 Å². The highest BCUT2D eigenvalue weighted by Gasteiger charge is 2.05. The predicted octanol–water partition coefficient (Wildman–Crippen LogP) is 2.10. The summed E-state index contributed by atoms with van der Waals surface area (Å²) in [5.41, 5.74) is 3.97. The van der Waals surface area contributed by atoms with Gasteiger partial charge in [0.1, 0.15) is 11.3 Å². The number of anilines is 1. The first-order valence-electron chi connectivity index (χ1n) is 7.87. The van der Waals surface area contributed by atoms with Gasteiger partial charge in [0.15, 0.2) is 0 Å². The summed E-state index contributed by atoms with van der Waals surface area (Å²) >= 11 is 0. The third-order valence-corrected chi connectivity index (χ3v) is 3.86. The molecule has 7 heteroatoms. The molecule has 4 rings (SSSR count). The Hall–Kier alpha value is -3.48. The molecule has 0 amide bonds. The van der Waals surface area contributed by atoms with E-state index in [1.165, 1.54) is 4.40 Å². The van der Waals surface area contributed by atoms with Crippen LogP contribution in [0, 0.1) is 0 Å². The first-order chi connectivity index (χ1) is 12.2. The zero-order chi connectivity index (χ0) is 17.2. The van der Waals surface area contributed by atoms with Crippen LogP contribution >= 0.6 is 0 Å². The molecule has 0 aliphatic rings. The van der Waals surface area contributed by atoms with Gasteiger partial charge >= 0.3 is 0 Å². The number of aryl methyl sites for hydroxylation is 1. The van der Waals surface area contributed by atoms with Gasteiger partial charge in [-0.15, -0.1) is 5.10 Å². The van der Waals surface area contributed by atoms with Crippen LogP contribution in [0.2, 0.25) is 0 Å². The Labute approximate surface area is 143 Å². The smallest absolute Gasteiger partial charge is 0.258 e. The van der Waals surface area contributed by atoms with E-state index >= 15 is 0 Å². The van der Waals surface area contributed by atoms with Gasteiger partial charge in [-0.3, -0.25) is 13.9 Å². The minimum Gasteiger partial charge on any atom is -0.379 e. The molecule has 0 saturated carbocycles. The van der Waals surface area contributed by atoms with Crippen molar-refractivity contribution in [3.05, 3.63) is 77.0 Å². The van der Waals surface area contributed by atoms with Crippen LogP contribution in [-0.2, 0) is 13.6 Å². The summed E-state index contributed by atoms with van der Waals surface area (Å²) in [5.74, 6) is 0. The third kappa shape index (κ3) is 3.12. The lowest BCUT2D eigenvalue weighted by molar-refractivity contribution is 0.715. The Balaban J connectivity index is 1.56. The van der Waals surface area contributed by atoms with Gasteiger partial charge in [0, 0.05) is 30.6 Å². The molecule has 124 valence electrons. The van der Waals surface area contributed by atoms with Crippen LogP contribution in [0.1, 0.15) is 5.69 Å². The number of nitrogens with one attached hydrogen (secondary N) is 1. The summed E-state index contributed by atoms with van der Waals surface area (Å²) in [6, 6.07) is 14.9. The minimum atomic E-state index is -0.0873. The van der Waals surface area contributed by atoms with Gasteiger partial charge in [-0.2, -0.15) is 0 Å². The van der Waals surface area contributed by atoms with E-state index in [0.29, 0.717) is 17.9 Å². The molecule has 0 radical (unpaired) electrons. The Kier molecular flexibility index (Phi) is 3.74. The molecule has 0 unspecified atom stereocenters. The molecule has 0 spiro atoms. The van der Waals surface area contributed by atoms with Crippen LogP contribution in [0.5, 0.6) is 0 Å². The summed E-state index contributed by atoms with van der Waals surface area (Å²) in [6.45, 7) is 0.463. The van der Waals surface area contributed by atoms with Crippen LogP contribution in [0.15, 0.2) is 65.7 Å². The number of pyridine rings is 1. The SMILES string of the molecule is Cn1cc(-c2cccc(NCc3cc(=O)n4ccccc4n3)c2)nn1. The van der Waals surface area contributed by atoms with Gasteiger partial charge in [-0.25, -0.2) is 4.98 Å². The van der Waals surface area contributed by atoms with Crippen molar-refractivity contribution in [3.63, 3.8) is 0 Å². The standard InChI is InChI=1S/C18H16N6O/c1-23-12-16(21-22-23)13-5-4-6-14(9-13)19-11-15-10-18(25)24-8-3-2-7-17(24)20-15/h2-10,12,19H,11H2,1H3. The highest BCUT2D eigenvalue weighted by molar-refractivity contribution is 5.64. The highest BCUT2D eigenvalue weighted by Crippen LogP contribution is 2.20. The molecule has 0 aliphatic carbocycles. The number of benzene rings is 1. The van der Waals surface area contributed by atoms with Gasteiger partial charge in [-0.05, 0) is 24.3 Å². The largest absolute Gasteiger partial charge is 0.379 e. The number of rotatable bonds is 4. The zero-order valence-electron chi connectivity index (χ0n) is 13.6. The fraction of sp³-hybridized carbons (Fsp3) is 0.111. The van der Waals surface area contributed by atoms with E-state index in [1.54, 1.807) is 16.9 Å². The molecule has 0 bridgehead atoms. The van der Waals surface area contributed by atoms with Crippen molar-refractivity contribution in [3.8, 4) is 11.3 Å². The summed E-state index contributed by atoms with van der Waals surface area (Å²) < 4.78 is 3.19. The molecular weight excluding hydrogens is 316 g/mol. The lowest BCUT2D eigenvalue weighted by Crippen LogP contribution is -2.16. The van der Waals surface area contributed by atoms with Crippen LogP contribution in [0.3, 0.4) is 0 Å². The van der Waals surface area contributed by atoms with Crippen LogP contribution in [0.25, 0.3) is 16.9 Å². The van der Waals surface area contributed by atoms with Gasteiger partial charge < -0.3 is 5.32 Å². The normalized spacial score (nSPS) is 10.9. The summed E-state index contributed by atoms with van der Waals surface area (Å²) in [4.78, 5) is 16.6. The number of aromatic nitrogens is 5. The van der Waals surface area contributed by atoms with Crippen LogP contribution in [0.4, 0.5) is 5.69 Å². The minimum absolute atomic E-state index is 0.0873. The third-order valence-electron chi connectivity index (χ3n) is 3.86. The fourth-order valence-corrected chi connectivity index (χ4v) is 2.65. The molecule has 0 fully saturated rings. The quantitative estimate of drug-likeness (QED) is 0.619. The molecule has 3 heterocycles. The average Bonchev–Trinajstić information content (AvgIpc) is 3.07. The lowest BCUT2D eigenvalue weighted by Gasteiger charge is -2.08. The highest BCUT2D eigenvalue weighted by atomic mass is 16.1. The van der Waals surface area contributed by atoms with Crippen LogP contribution < -0.4 is 10.9 Å². The van der Waals surface area contributed by atoms with E-state index in [1.807, 2.05) is 55.7 Å². The van der Waals surface area contributed by atoms with Gasteiger partial charge in [0.2, 0.25) is 0 Å². The van der Waals surface area contributed by atoms with E-state index in [2.05, 4.69) is 20.6 Å². The number of hydrogen-bond donors (Lipinski definition) is 1. The van der Waals surface area contributed by atoms with Gasteiger partial charge in [-0.1, -0.05) is 23.4 Å². The second-order valence-corrected chi connectivity index (χ2v) is 5.73. The molecule has 1 aromatic carbocycles. The van der Waals surface area contributed by atoms with E-state index in [-0.39, 0.29) is 5.56 Å². The van der Waals surface area contributed by atoms with Crippen LogP contribution in [-0.4, -0.2) is 24.4 Å². The van der Waals surface area contributed by atoms with E-state index in [4.69, 9.17) is 0 Å². The number of hydrogen-bond acceptors (Lipinski definition) is 5. The Bertz CT molecular complexity index is 1100. The molecule has 3 aromatic heterocycles. The monoisotopic (exact) mass is 332 g/mol. The second-order valence-electron chi connectivity index (χ2n) is 5.73. The van der Waals surface area contributed by atoms with Crippen molar-refractivity contribution >= 4 is 11.3 Å². The number of nitrogens with zero attached hydrogens (tertiary/aromatic N) is 5. The Morgan fingerprint density at radius 2 is 2.04 bits per heavy atom. The summed E-state index contributed by atoms with van der Waals surface area (Å²) in [7, 11) is 1.84.